The monoisotopic (exact) mass is 343 g/mol. The predicted octanol–water partition coefficient (Wildman–Crippen LogP) is 2.02. The van der Waals surface area contributed by atoms with E-state index in [-0.39, 0.29) is 11.3 Å². The third-order valence-electron chi connectivity index (χ3n) is 5.10. The van der Waals surface area contributed by atoms with E-state index < -0.39 is 0 Å². The van der Waals surface area contributed by atoms with E-state index in [9.17, 15) is 4.79 Å². The zero-order valence-corrected chi connectivity index (χ0v) is 14.3. The molecule has 126 valence electrons. The SMILES string of the molecule is O=C(NC[C@]12COC[C@H]1CN(Cc1ccsc1)C2)c1cccnc1. The number of carbonyl (C=O) groups excluding carboxylic acids is 1. The van der Waals surface area contributed by atoms with Gasteiger partial charge in [-0.2, -0.15) is 11.3 Å². The zero-order chi connectivity index (χ0) is 16.4. The Labute approximate surface area is 145 Å². The highest BCUT2D eigenvalue weighted by Crippen LogP contribution is 2.41. The number of rotatable bonds is 5. The van der Waals surface area contributed by atoms with Gasteiger partial charge >= 0.3 is 0 Å². The molecule has 2 saturated heterocycles. The van der Waals surface area contributed by atoms with Crippen LogP contribution in [0, 0.1) is 11.3 Å². The predicted molar refractivity (Wildman–Crippen MR) is 92.9 cm³/mol. The van der Waals surface area contributed by atoms with Gasteiger partial charge in [-0.05, 0) is 34.5 Å². The van der Waals surface area contributed by atoms with Crippen molar-refractivity contribution in [3.8, 4) is 0 Å². The van der Waals surface area contributed by atoms with E-state index in [0.29, 0.717) is 18.0 Å². The molecule has 2 aromatic heterocycles. The first-order chi connectivity index (χ1) is 11.8. The Balaban J connectivity index is 1.40. The largest absolute Gasteiger partial charge is 0.380 e. The molecule has 0 spiro atoms. The van der Waals surface area contributed by atoms with Crippen LogP contribution in [0.5, 0.6) is 0 Å². The number of likely N-dealkylation sites (tertiary alicyclic amines) is 1. The number of nitrogens with zero attached hydrogens (tertiary/aromatic N) is 2. The third-order valence-corrected chi connectivity index (χ3v) is 5.83. The number of ether oxygens (including phenoxy) is 1. The molecule has 24 heavy (non-hydrogen) atoms. The lowest BCUT2D eigenvalue weighted by molar-refractivity contribution is 0.0904. The van der Waals surface area contributed by atoms with Crippen molar-refractivity contribution in [1.29, 1.82) is 0 Å². The lowest BCUT2D eigenvalue weighted by Gasteiger charge is -2.27. The number of hydrogen-bond acceptors (Lipinski definition) is 5. The average molecular weight is 343 g/mol. The molecule has 4 heterocycles. The van der Waals surface area contributed by atoms with Gasteiger partial charge in [-0.15, -0.1) is 0 Å². The topological polar surface area (TPSA) is 54.5 Å². The van der Waals surface area contributed by atoms with Gasteiger partial charge in [0.05, 0.1) is 18.8 Å². The normalized spacial score (nSPS) is 26.4. The summed E-state index contributed by atoms with van der Waals surface area (Å²) in [7, 11) is 0. The molecule has 6 heteroatoms. The number of fused-ring (bicyclic) bond motifs is 1. The molecule has 1 N–H and O–H groups in total. The van der Waals surface area contributed by atoms with Crippen LogP contribution in [0.4, 0.5) is 0 Å². The summed E-state index contributed by atoms with van der Waals surface area (Å²) in [4.78, 5) is 18.8. The van der Waals surface area contributed by atoms with Crippen molar-refractivity contribution in [2.24, 2.45) is 11.3 Å². The van der Waals surface area contributed by atoms with E-state index in [0.717, 1.165) is 32.8 Å². The fourth-order valence-corrected chi connectivity index (χ4v) is 4.47. The van der Waals surface area contributed by atoms with Crippen LogP contribution in [0.25, 0.3) is 0 Å². The molecule has 0 aliphatic carbocycles. The molecule has 2 aromatic rings. The minimum Gasteiger partial charge on any atom is -0.380 e. The minimum atomic E-state index is -0.0561. The molecule has 5 nitrogen and oxygen atoms in total. The number of amides is 1. The molecule has 0 saturated carbocycles. The summed E-state index contributed by atoms with van der Waals surface area (Å²) in [5.41, 5.74) is 2.02. The summed E-state index contributed by atoms with van der Waals surface area (Å²) < 4.78 is 5.75. The van der Waals surface area contributed by atoms with Crippen molar-refractivity contribution < 1.29 is 9.53 Å². The van der Waals surface area contributed by atoms with Crippen LogP contribution in [0.15, 0.2) is 41.4 Å². The van der Waals surface area contributed by atoms with Crippen LogP contribution in [0.1, 0.15) is 15.9 Å². The van der Waals surface area contributed by atoms with E-state index in [1.54, 1.807) is 35.9 Å². The molecule has 2 aliphatic heterocycles. The fraction of sp³-hybridized carbons (Fsp3) is 0.444. The highest BCUT2D eigenvalue weighted by Gasteiger charge is 2.50. The summed E-state index contributed by atoms with van der Waals surface area (Å²) in [6, 6.07) is 5.76. The van der Waals surface area contributed by atoms with Crippen LogP contribution >= 0.6 is 11.3 Å². The molecule has 4 rings (SSSR count). The van der Waals surface area contributed by atoms with Crippen molar-refractivity contribution in [2.75, 3.05) is 32.8 Å². The number of thiophene rings is 1. The second-order valence-corrected chi connectivity index (χ2v) is 7.58. The lowest BCUT2D eigenvalue weighted by Crippen LogP contribution is -2.43. The first-order valence-electron chi connectivity index (χ1n) is 8.25. The highest BCUT2D eigenvalue weighted by atomic mass is 32.1. The van der Waals surface area contributed by atoms with E-state index in [4.69, 9.17) is 4.74 Å². The Bertz CT molecular complexity index is 692. The van der Waals surface area contributed by atoms with Crippen LogP contribution in [0.2, 0.25) is 0 Å². The second kappa shape index (κ2) is 6.63. The summed E-state index contributed by atoms with van der Waals surface area (Å²) in [5, 5.41) is 7.43. The number of nitrogens with one attached hydrogen (secondary N) is 1. The van der Waals surface area contributed by atoms with Gasteiger partial charge in [0.25, 0.3) is 5.91 Å². The Morgan fingerprint density at radius 2 is 2.46 bits per heavy atom. The highest BCUT2D eigenvalue weighted by molar-refractivity contribution is 7.07. The van der Waals surface area contributed by atoms with Gasteiger partial charge < -0.3 is 10.1 Å². The first kappa shape index (κ1) is 15.7. The zero-order valence-electron chi connectivity index (χ0n) is 13.5. The standard InChI is InChI=1S/C18H21N3O2S/c22-17(15-2-1-4-19-6-15)20-11-18-12-21(7-14-3-5-24-10-14)8-16(18)9-23-13-18/h1-6,10,16H,7-9,11-13H2,(H,20,22)/t16-,18+/m1/s1. The molecule has 2 fully saturated rings. The maximum atomic E-state index is 12.3. The van der Waals surface area contributed by atoms with Gasteiger partial charge in [0.1, 0.15) is 0 Å². The van der Waals surface area contributed by atoms with Gasteiger partial charge in [0.15, 0.2) is 0 Å². The van der Waals surface area contributed by atoms with Gasteiger partial charge in [-0.25, -0.2) is 0 Å². The molecule has 0 unspecified atom stereocenters. The first-order valence-corrected chi connectivity index (χ1v) is 9.19. The number of hydrogen-bond donors (Lipinski definition) is 1. The minimum absolute atomic E-state index is 0.0356. The fourth-order valence-electron chi connectivity index (χ4n) is 3.81. The Morgan fingerprint density at radius 1 is 1.50 bits per heavy atom. The summed E-state index contributed by atoms with van der Waals surface area (Å²) in [6.45, 7) is 5.18. The van der Waals surface area contributed by atoms with E-state index in [1.807, 2.05) is 0 Å². The van der Waals surface area contributed by atoms with Gasteiger partial charge in [0.2, 0.25) is 0 Å². The Morgan fingerprint density at radius 3 is 3.25 bits per heavy atom. The molecule has 2 aliphatic rings. The summed E-state index contributed by atoms with van der Waals surface area (Å²) in [5.74, 6) is 0.435. The van der Waals surface area contributed by atoms with Crippen LogP contribution in [-0.2, 0) is 11.3 Å². The molecule has 0 bridgehead atoms. The molecular weight excluding hydrogens is 322 g/mol. The smallest absolute Gasteiger partial charge is 0.252 e. The molecule has 0 radical (unpaired) electrons. The van der Waals surface area contributed by atoms with Crippen molar-refractivity contribution in [1.82, 2.24) is 15.2 Å². The molecular formula is C18H21N3O2S. The summed E-state index contributed by atoms with van der Waals surface area (Å²) >= 11 is 1.74. The number of aromatic nitrogens is 1. The quantitative estimate of drug-likeness (QED) is 0.902. The van der Waals surface area contributed by atoms with E-state index >= 15 is 0 Å². The molecule has 1 amide bonds. The van der Waals surface area contributed by atoms with Gasteiger partial charge in [-0.3, -0.25) is 14.7 Å². The Hall–Kier alpha value is -1.76. The van der Waals surface area contributed by atoms with Crippen molar-refractivity contribution in [2.45, 2.75) is 6.54 Å². The van der Waals surface area contributed by atoms with Crippen molar-refractivity contribution >= 4 is 17.2 Å². The summed E-state index contributed by atoms with van der Waals surface area (Å²) in [6.07, 6.45) is 3.28. The van der Waals surface area contributed by atoms with Crippen LogP contribution < -0.4 is 5.32 Å². The van der Waals surface area contributed by atoms with Gasteiger partial charge in [0, 0.05) is 49.9 Å². The maximum absolute atomic E-state index is 12.3. The van der Waals surface area contributed by atoms with Crippen LogP contribution in [-0.4, -0.2) is 48.6 Å². The number of pyridine rings is 1. The number of carbonyl (C=O) groups is 1. The molecule has 2 atom stereocenters. The van der Waals surface area contributed by atoms with Crippen molar-refractivity contribution in [3.05, 3.63) is 52.5 Å². The molecule has 0 aromatic carbocycles. The van der Waals surface area contributed by atoms with E-state index in [1.165, 1.54) is 5.56 Å². The third kappa shape index (κ3) is 3.09. The van der Waals surface area contributed by atoms with E-state index in [2.05, 4.69) is 32.0 Å². The van der Waals surface area contributed by atoms with Gasteiger partial charge in [-0.1, -0.05) is 0 Å². The Kier molecular flexibility index (Phi) is 4.35. The van der Waals surface area contributed by atoms with Crippen LogP contribution in [0.3, 0.4) is 0 Å². The second-order valence-electron chi connectivity index (χ2n) is 6.80. The van der Waals surface area contributed by atoms with Crippen molar-refractivity contribution in [3.63, 3.8) is 0 Å². The maximum Gasteiger partial charge on any atom is 0.252 e. The average Bonchev–Trinajstić information content (AvgIpc) is 3.30. The lowest BCUT2D eigenvalue weighted by atomic mass is 9.81.